The van der Waals surface area contributed by atoms with E-state index in [1.165, 1.54) is 17.4 Å². The van der Waals surface area contributed by atoms with Crippen LogP contribution < -0.4 is 11.1 Å². The first-order chi connectivity index (χ1) is 13.6. The zero-order chi connectivity index (χ0) is 19.5. The molecule has 28 heavy (non-hydrogen) atoms. The predicted molar refractivity (Wildman–Crippen MR) is 109 cm³/mol. The highest BCUT2D eigenvalue weighted by molar-refractivity contribution is 7.17. The number of hydrogen-bond donors (Lipinski definition) is 2. The van der Waals surface area contributed by atoms with Crippen LogP contribution in [0.2, 0.25) is 0 Å². The van der Waals surface area contributed by atoms with Gasteiger partial charge in [-0.15, -0.1) is 11.3 Å². The van der Waals surface area contributed by atoms with Gasteiger partial charge < -0.3 is 20.7 Å². The molecule has 2 aromatic rings. The minimum atomic E-state index is -0.241. The van der Waals surface area contributed by atoms with Gasteiger partial charge in [0.2, 0.25) is 5.91 Å². The highest BCUT2D eigenvalue weighted by Crippen LogP contribution is 2.40. The van der Waals surface area contributed by atoms with Crippen molar-refractivity contribution >= 4 is 40.1 Å². The van der Waals surface area contributed by atoms with E-state index < -0.39 is 0 Å². The smallest absolute Gasteiger partial charge is 0.410 e. The van der Waals surface area contributed by atoms with Gasteiger partial charge in [0, 0.05) is 42.9 Å². The number of nitrogens with zero attached hydrogens (tertiary/aromatic N) is 2. The Morgan fingerprint density at radius 2 is 2.25 bits per heavy atom. The van der Waals surface area contributed by atoms with Crippen molar-refractivity contribution in [3.63, 3.8) is 0 Å². The van der Waals surface area contributed by atoms with Crippen LogP contribution in [0.4, 0.5) is 15.5 Å². The molecule has 1 unspecified atom stereocenters. The fraction of sp³-hybridized carbons (Fsp3) is 0.350. The number of anilines is 2. The maximum absolute atomic E-state index is 12.2. The molecule has 2 aliphatic rings. The van der Waals surface area contributed by atoms with Crippen LogP contribution in [0.25, 0.3) is 6.08 Å². The number of hydrogen-bond acceptors (Lipinski definition) is 6. The summed E-state index contributed by atoms with van der Waals surface area (Å²) < 4.78 is 5.62. The molecule has 1 aliphatic carbocycles. The van der Waals surface area contributed by atoms with Crippen LogP contribution in [-0.2, 0) is 22.4 Å². The summed E-state index contributed by atoms with van der Waals surface area (Å²) >= 11 is 1.46. The van der Waals surface area contributed by atoms with Crippen LogP contribution in [0.5, 0.6) is 0 Å². The Morgan fingerprint density at radius 1 is 1.39 bits per heavy atom. The third kappa shape index (κ3) is 4.01. The number of ether oxygens (including phenoxy) is 1. The minimum absolute atomic E-state index is 0.132. The third-order valence-corrected chi connectivity index (χ3v) is 6.18. The summed E-state index contributed by atoms with van der Waals surface area (Å²) in [6, 6.07) is 3.69. The Labute approximate surface area is 167 Å². The fourth-order valence-corrected chi connectivity index (χ4v) is 4.53. The molecular formula is C20H22N4O3S. The van der Waals surface area contributed by atoms with Gasteiger partial charge in [0.1, 0.15) is 11.1 Å². The molecule has 0 aromatic carbocycles. The highest BCUT2D eigenvalue weighted by atomic mass is 32.1. The molecule has 2 amide bonds. The van der Waals surface area contributed by atoms with E-state index in [1.54, 1.807) is 23.4 Å². The lowest BCUT2D eigenvalue weighted by Gasteiger charge is -2.32. The van der Waals surface area contributed by atoms with Gasteiger partial charge in [-0.05, 0) is 42.5 Å². The van der Waals surface area contributed by atoms with Crippen LogP contribution >= 0.6 is 11.3 Å². The molecule has 7 nitrogen and oxygen atoms in total. The molecule has 4 rings (SSSR count). The standard InChI is InChI=1S/C20H22N4O3S/c21-18-15-6-5-14(27-20(26)24-9-2-10-24)11-16(15)28-19(18)23-17(25)7-4-13-3-1-8-22-12-13/h1,3-4,7-8,12,14H,2,5-6,9-11,21H2,(H,23,25)/b7-4+. The second-order valence-electron chi connectivity index (χ2n) is 6.94. The van der Waals surface area contributed by atoms with Crippen molar-refractivity contribution in [3.05, 3.63) is 46.6 Å². The van der Waals surface area contributed by atoms with Gasteiger partial charge in [0.05, 0.1) is 5.69 Å². The van der Waals surface area contributed by atoms with Crippen LogP contribution in [-0.4, -0.2) is 41.1 Å². The normalized spacial score (nSPS) is 18.4. The van der Waals surface area contributed by atoms with Gasteiger partial charge in [-0.1, -0.05) is 6.07 Å². The Morgan fingerprint density at radius 3 is 2.96 bits per heavy atom. The maximum Gasteiger partial charge on any atom is 0.410 e. The van der Waals surface area contributed by atoms with E-state index in [4.69, 9.17) is 10.5 Å². The summed E-state index contributed by atoms with van der Waals surface area (Å²) in [6.45, 7) is 1.57. The zero-order valence-electron chi connectivity index (χ0n) is 15.4. The highest BCUT2D eigenvalue weighted by Gasteiger charge is 2.30. The lowest BCUT2D eigenvalue weighted by molar-refractivity contribution is -0.111. The Hall–Kier alpha value is -2.87. The number of aromatic nitrogens is 1. The average Bonchev–Trinajstić information content (AvgIpc) is 2.94. The SMILES string of the molecule is Nc1c(NC(=O)/C=C/c2cccnc2)sc2c1CCC(OC(=O)N1CCC1)C2. The zero-order valence-corrected chi connectivity index (χ0v) is 16.2. The van der Waals surface area contributed by atoms with E-state index in [1.807, 2.05) is 12.1 Å². The summed E-state index contributed by atoms with van der Waals surface area (Å²) in [5, 5.41) is 3.51. The van der Waals surface area contributed by atoms with Crippen LogP contribution in [0.3, 0.4) is 0 Å². The van der Waals surface area contributed by atoms with E-state index in [-0.39, 0.29) is 18.1 Å². The molecule has 1 fully saturated rings. The summed E-state index contributed by atoms with van der Waals surface area (Å²) in [6.07, 6.45) is 9.37. The van der Waals surface area contributed by atoms with E-state index in [9.17, 15) is 9.59 Å². The Bertz CT molecular complexity index is 906. The van der Waals surface area contributed by atoms with Gasteiger partial charge >= 0.3 is 6.09 Å². The molecule has 3 heterocycles. The number of nitrogen functional groups attached to an aromatic ring is 1. The van der Waals surface area contributed by atoms with Gasteiger partial charge in [-0.3, -0.25) is 9.78 Å². The van der Waals surface area contributed by atoms with Crippen LogP contribution in [0.15, 0.2) is 30.6 Å². The van der Waals surface area contributed by atoms with Gasteiger partial charge in [-0.2, -0.15) is 0 Å². The van der Waals surface area contributed by atoms with Crippen molar-refractivity contribution in [2.75, 3.05) is 24.1 Å². The van der Waals surface area contributed by atoms with Gasteiger partial charge in [0.25, 0.3) is 0 Å². The number of likely N-dealkylation sites (tertiary alicyclic amines) is 1. The van der Waals surface area contributed by atoms with Crippen molar-refractivity contribution in [1.29, 1.82) is 0 Å². The second kappa shape index (κ2) is 8.02. The van der Waals surface area contributed by atoms with Crippen molar-refractivity contribution in [3.8, 4) is 0 Å². The molecule has 8 heteroatoms. The number of carbonyl (C=O) groups excluding carboxylic acids is 2. The molecule has 2 aromatic heterocycles. The number of nitrogens with one attached hydrogen (secondary N) is 1. The van der Waals surface area contributed by atoms with Crippen LogP contribution in [0.1, 0.15) is 28.8 Å². The van der Waals surface area contributed by atoms with E-state index in [2.05, 4.69) is 10.3 Å². The number of carbonyl (C=O) groups is 2. The number of fused-ring (bicyclic) bond motifs is 1. The number of thiophene rings is 1. The lowest BCUT2D eigenvalue weighted by atomic mass is 9.95. The summed E-state index contributed by atoms with van der Waals surface area (Å²) in [5.74, 6) is -0.241. The maximum atomic E-state index is 12.2. The molecule has 1 atom stereocenters. The number of pyridine rings is 1. The second-order valence-corrected chi connectivity index (χ2v) is 8.05. The van der Waals surface area contributed by atoms with Crippen molar-refractivity contribution in [2.24, 2.45) is 0 Å². The molecule has 1 saturated heterocycles. The Kier molecular flexibility index (Phi) is 5.29. The predicted octanol–water partition coefficient (Wildman–Crippen LogP) is 3.08. The van der Waals surface area contributed by atoms with Crippen molar-refractivity contribution < 1.29 is 14.3 Å². The average molecular weight is 398 g/mol. The van der Waals surface area contributed by atoms with E-state index >= 15 is 0 Å². The molecule has 0 saturated carbocycles. The van der Waals surface area contributed by atoms with E-state index in [0.29, 0.717) is 17.1 Å². The minimum Gasteiger partial charge on any atom is -0.446 e. The first-order valence-corrected chi connectivity index (χ1v) is 10.2. The lowest BCUT2D eigenvalue weighted by Crippen LogP contribution is -2.44. The molecule has 0 bridgehead atoms. The fourth-order valence-electron chi connectivity index (χ4n) is 3.29. The topological polar surface area (TPSA) is 97.5 Å². The first-order valence-electron chi connectivity index (χ1n) is 9.35. The third-order valence-electron chi connectivity index (χ3n) is 4.99. The van der Waals surface area contributed by atoms with Crippen LogP contribution in [0, 0.1) is 0 Å². The molecule has 0 spiro atoms. The largest absolute Gasteiger partial charge is 0.446 e. The number of amides is 2. The molecular weight excluding hydrogens is 376 g/mol. The number of nitrogens with two attached hydrogens (primary N) is 1. The number of rotatable bonds is 4. The van der Waals surface area contributed by atoms with Crippen molar-refractivity contribution in [2.45, 2.75) is 31.8 Å². The first kappa shape index (κ1) is 18.5. The molecule has 3 N–H and O–H groups in total. The monoisotopic (exact) mass is 398 g/mol. The molecule has 1 aliphatic heterocycles. The summed E-state index contributed by atoms with van der Waals surface area (Å²) in [5.41, 5.74) is 8.78. The summed E-state index contributed by atoms with van der Waals surface area (Å²) in [7, 11) is 0. The van der Waals surface area contributed by atoms with Crippen molar-refractivity contribution in [1.82, 2.24) is 9.88 Å². The van der Waals surface area contributed by atoms with E-state index in [0.717, 1.165) is 48.4 Å². The van der Waals surface area contributed by atoms with Gasteiger partial charge in [0.15, 0.2) is 0 Å². The summed E-state index contributed by atoms with van der Waals surface area (Å²) in [4.78, 5) is 31.1. The van der Waals surface area contributed by atoms with Gasteiger partial charge in [-0.25, -0.2) is 4.79 Å². The quantitative estimate of drug-likeness (QED) is 0.772. The molecule has 0 radical (unpaired) electrons. The molecule has 146 valence electrons. The Balaban J connectivity index is 1.38.